The third-order valence-electron chi connectivity index (χ3n) is 11.5. The Balaban J connectivity index is 0.000000206. The summed E-state index contributed by atoms with van der Waals surface area (Å²) >= 11 is 12.2. The molecule has 0 aliphatic carbocycles. The molecule has 2 aromatic heterocycles. The molecule has 0 spiro atoms. The summed E-state index contributed by atoms with van der Waals surface area (Å²) in [5.41, 5.74) is 5.20. The molecule has 4 heterocycles. The van der Waals surface area contributed by atoms with Crippen LogP contribution in [0, 0.1) is 5.82 Å². The summed E-state index contributed by atoms with van der Waals surface area (Å²) in [4.78, 5) is 74.7. The van der Waals surface area contributed by atoms with Gasteiger partial charge in [-0.2, -0.15) is 20.2 Å². The lowest BCUT2D eigenvalue weighted by molar-refractivity contribution is -0.115. The summed E-state index contributed by atoms with van der Waals surface area (Å²) in [7, 11) is 0. The number of rotatable bonds is 14. The van der Waals surface area contributed by atoms with Crippen molar-refractivity contribution in [1.82, 2.24) is 5.32 Å². The number of carboxylic acids is 1. The minimum atomic E-state index is -1.14. The van der Waals surface area contributed by atoms with Crippen molar-refractivity contribution in [3.05, 3.63) is 200 Å². The molecule has 9 rings (SSSR count). The minimum absolute atomic E-state index is 0.0369. The molecule has 2 aliphatic heterocycles. The van der Waals surface area contributed by atoms with Crippen LogP contribution in [0.3, 0.4) is 0 Å². The van der Waals surface area contributed by atoms with Crippen LogP contribution in [0.15, 0.2) is 164 Å². The van der Waals surface area contributed by atoms with Crippen LogP contribution in [-0.2, 0) is 25.6 Å². The maximum Gasteiger partial charge on any atom is 0.338 e. The van der Waals surface area contributed by atoms with Crippen molar-refractivity contribution in [3.63, 3.8) is 0 Å². The summed E-state index contributed by atoms with van der Waals surface area (Å²) in [6, 6.07) is 35.1. The first kappa shape index (κ1) is 53.1. The lowest BCUT2D eigenvalue weighted by Crippen LogP contribution is -2.23. The molecule has 2 aliphatic rings. The van der Waals surface area contributed by atoms with Gasteiger partial charge in [-0.25, -0.2) is 18.8 Å². The van der Waals surface area contributed by atoms with E-state index in [0.717, 1.165) is 5.56 Å². The average Bonchev–Trinajstić information content (AvgIpc) is 4.22. The lowest BCUT2D eigenvalue weighted by atomic mass is 10.1. The van der Waals surface area contributed by atoms with E-state index in [2.05, 4.69) is 15.5 Å². The van der Waals surface area contributed by atoms with Gasteiger partial charge in [-0.3, -0.25) is 14.4 Å². The second-order valence-electron chi connectivity index (χ2n) is 16.7. The van der Waals surface area contributed by atoms with Crippen molar-refractivity contribution in [2.75, 3.05) is 23.2 Å². The lowest BCUT2D eigenvalue weighted by Gasteiger charge is -2.12. The van der Waals surface area contributed by atoms with E-state index in [0.29, 0.717) is 79.2 Å². The largest absolute Gasteiger partial charge is 0.478 e. The monoisotopic (exact) mass is 1060 g/mol. The fourth-order valence-corrected chi connectivity index (χ4v) is 8.11. The maximum atomic E-state index is 13.2. The zero-order valence-electron chi connectivity index (χ0n) is 40.9. The number of esters is 2. The molecule has 7 aromatic rings. The molecule has 0 radical (unpaired) electrons. The molecule has 384 valence electrons. The Kier molecular flexibility index (Phi) is 16.3. The van der Waals surface area contributed by atoms with Gasteiger partial charge in [-0.15, -0.1) is 0 Å². The molecule has 0 saturated carbocycles. The summed E-state index contributed by atoms with van der Waals surface area (Å²) < 4.78 is 35.0. The number of halogens is 3. The van der Waals surface area contributed by atoms with E-state index in [9.17, 15) is 38.3 Å². The molecular formula is C57H44Cl2FN5O11. The van der Waals surface area contributed by atoms with Gasteiger partial charge in [0.15, 0.2) is 0 Å². The van der Waals surface area contributed by atoms with E-state index in [4.69, 9.17) is 41.5 Å². The number of nitrogens with one attached hydrogen (secondary N) is 1. The summed E-state index contributed by atoms with van der Waals surface area (Å²) in [5.74, 6) is -1.93. The standard InChI is InChI=1S/C32H25ClFN3O5.C25H19ClN2O6/c1-3-41-32(40)22-5-4-6-24(15-22)37-31(39)26(19(2)36-37)17-25-12-14-29(42-25)21-9-13-28(33)27(16-21)30(38)35-18-20-7-10-23(34)11-8-20;1-3-33-25(32)16-5-4-6-17(11-16)28-23(29)19(14(2)27-28)13-18-8-10-22(34-18)15-7-9-21(26)20(12-15)24(30)31/h4-17H,3,18H2,1-2H3,(H,35,38);4-13H,3H2,1-2H3,(H,30,31)/b26-17-;19-13-. The molecular weight excluding hydrogens is 1020 g/mol. The molecule has 0 unspecified atom stereocenters. The highest BCUT2D eigenvalue weighted by molar-refractivity contribution is 6.35. The SMILES string of the molecule is CCOC(=O)c1cccc(N2N=C(C)/C(=C/c3ccc(-c4ccc(Cl)c(C(=O)NCc5ccc(F)cc5)c4)o3)C2=O)c1.CCOC(=O)c1cccc(N2N=C(C)/C(=C/c3ccc(-c4ccc(Cl)c(C(=O)O)c4)o3)C2=O)c1. The van der Waals surface area contributed by atoms with Crippen LogP contribution in [-0.4, -0.2) is 65.4 Å². The van der Waals surface area contributed by atoms with Crippen molar-refractivity contribution >= 4 is 93.8 Å². The van der Waals surface area contributed by atoms with E-state index in [1.165, 1.54) is 34.3 Å². The Bertz CT molecular complexity index is 3580. The number of hydrogen-bond donors (Lipinski definition) is 2. The second kappa shape index (κ2) is 23.3. The first-order valence-corrected chi connectivity index (χ1v) is 24.1. The molecule has 0 atom stereocenters. The number of carbonyl (C=O) groups is 6. The van der Waals surface area contributed by atoms with E-state index in [-0.39, 0.29) is 58.6 Å². The van der Waals surface area contributed by atoms with Gasteiger partial charge in [-0.1, -0.05) is 47.5 Å². The molecule has 16 nitrogen and oxygen atoms in total. The Hall–Kier alpha value is -9.19. The predicted octanol–water partition coefficient (Wildman–Crippen LogP) is 11.9. The molecule has 0 saturated heterocycles. The van der Waals surface area contributed by atoms with Gasteiger partial charge in [0.05, 0.1) is 79.5 Å². The van der Waals surface area contributed by atoms with Crippen molar-refractivity contribution in [1.29, 1.82) is 0 Å². The third kappa shape index (κ3) is 12.1. The summed E-state index contributed by atoms with van der Waals surface area (Å²) in [6.45, 7) is 7.53. The highest BCUT2D eigenvalue weighted by atomic mass is 35.5. The van der Waals surface area contributed by atoms with E-state index < -0.39 is 23.8 Å². The molecule has 76 heavy (non-hydrogen) atoms. The molecule has 5 aromatic carbocycles. The number of carboxylic acid groups (broad SMARTS) is 1. The smallest absolute Gasteiger partial charge is 0.338 e. The van der Waals surface area contributed by atoms with Gasteiger partial charge in [0.25, 0.3) is 17.7 Å². The number of anilines is 2. The van der Waals surface area contributed by atoms with Gasteiger partial charge in [-0.05, 0) is 155 Å². The van der Waals surface area contributed by atoms with Gasteiger partial charge in [0.1, 0.15) is 28.9 Å². The number of hydrogen-bond acceptors (Lipinski definition) is 12. The minimum Gasteiger partial charge on any atom is -0.478 e. The quantitative estimate of drug-likeness (QED) is 0.0773. The second-order valence-corrected chi connectivity index (χ2v) is 17.5. The number of furan rings is 2. The number of ether oxygens (including phenoxy) is 2. The Morgan fingerprint density at radius 1 is 0.632 bits per heavy atom. The number of hydrazone groups is 2. The average molecular weight is 1060 g/mol. The predicted molar refractivity (Wildman–Crippen MR) is 285 cm³/mol. The number of carbonyl (C=O) groups excluding carboxylic acids is 5. The Morgan fingerprint density at radius 3 is 1.55 bits per heavy atom. The van der Waals surface area contributed by atoms with Crippen LogP contribution < -0.4 is 15.3 Å². The van der Waals surface area contributed by atoms with Gasteiger partial charge in [0.2, 0.25) is 0 Å². The van der Waals surface area contributed by atoms with Crippen LogP contribution in [0.25, 0.3) is 34.8 Å². The number of benzene rings is 5. The molecule has 2 N–H and O–H groups in total. The van der Waals surface area contributed by atoms with Gasteiger partial charge in [0, 0.05) is 17.7 Å². The number of nitrogens with zero attached hydrogens (tertiary/aromatic N) is 4. The molecule has 0 fully saturated rings. The van der Waals surface area contributed by atoms with E-state index in [1.807, 2.05) is 0 Å². The fourth-order valence-electron chi connectivity index (χ4n) is 7.71. The first-order valence-electron chi connectivity index (χ1n) is 23.3. The normalized spacial score (nSPS) is 14.1. The number of aromatic carboxylic acids is 1. The first-order chi connectivity index (χ1) is 36.5. The zero-order valence-corrected chi connectivity index (χ0v) is 42.4. The van der Waals surface area contributed by atoms with Crippen molar-refractivity contribution < 1.29 is 56.6 Å². The highest BCUT2D eigenvalue weighted by Gasteiger charge is 2.31. The van der Waals surface area contributed by atoms with E-state index >= 15 is 0 Å². The highest BCUT2D eigenvalue weighted by Crippen LogP contribution is 2.33. The van der Waals surface area contributed by atoms with Crippen LogP contribution in [0.5, 0.6) is 0 Å². The van der Waals surface area contributed by atoms with Crippen molar-refractivity contribution in [2.24, 2.45) is 10.2 Å². The zero-order chi connectivity index (χ0) is 54.2. The van der Waals surface area contributed by atoms with Crippen molar-refractivity contribution in [2.45, 2.75) is 34.2 Å². The Morgan fingerprint density at radius 2 is 1.09 bits per heavy atom. The fraction of sp³-hybridized carbons (Fsp3) is 0.123. The Labute approximate surface area is 443 Å². The third-order valence-corrected chi connectivity index (χ3v) is 12.2. The summed E-state index contributed by atoms with van der Waals surface area (Å²) in [6.07, 6.45) is 3.15. The van der Waals surface area contributed by atoms with Crippen LogP contribution in [0.2, 0.25) is 10.0 Å². The van der Waals surface area contributed by atoms with Gasteiger partial charge < -0.3 is 28.7 Å². The van der Waals surface area contributed by atoms with Crippen LogP contribution in [0.4, 0.5) is 15.8 Å². The van der Waals surface area contributed by atoms with Crippen LogP contribution in [0.1, 0.15) is 86.2 Å². The maximum absolute atomic E-state index is 13.2. The van der Waals surface area contributed by atoms with E-state index in [1.54, 1.807) is 149 Å². The van der Waals surface area contributed by atoms with Gasteiger partial charge >= 0.3 is 17.9 Å². The number of amides is 3. The molecule has 0 bridgehead atoms. The topological polar surface area (TPSA) is 211 Å². The molecule has 19 heteroatoms. The molecule has 3 amide bonds. The van der Waals surface area contributed by atoms with Crippen molar-refractivity contribution in [3.8, 4) is 22.6 Å². The van der Waals surface area contributed by atoms with Crippen LogP contribution >= 0.6 is 23.2 Å². The summed E-state index contributed by atoms with van der Waals surface area (Å²) in [5, 5.41) is 23.6.